The molecule has 13 heavy (non-hydrogen) atoms. The first-order chi connectivity index (χ1) is 5.99. The zero-order valence-electron chi connectivity index (χ0n) is 7.17. The van der Waals surface area contributed by atoms with Gasteiger partial charge in [0.15, 0.2) is 9.84 Å². The summed E-state index contributed by atoms with van der Waals surface area (Å²) >= 11 is 3.39. The molecule has 0 aliphatic carbocycles. The van der Waals surface area contributed by atoms with Gasteiger partial charge in [0.1, 0.15) is 0 Å². The highest BCUT2D eigenvalue weighted by atomic mass is 79.9. The highest BCUT2D eigenvalue weighted by Crippen LogP contribution is 2.31. The Morgan fingerprint density at radius 2 is 2.00 bits per heavy atom. The molecule has 2 nitrogen and oxygen atoms in total. The van der Waals surface area contributed by atoms with Crippen molar-refractivity contribution >= 4 is 25.8 Å². The molecule has 0 unspecified atom stereocenters. The molecule has 0 bridgehead atoms. The minimum Gasteiger partial charge on any atom is -0.228 e. The van der Waals surface area contributed by atoms with E-state index in [1.165, 1.54) is 0 Å². The van der Waals surface area contributed by atoms with E-state index in [1.54, 1.807) is 0 Å². The van der Waals surface area contributed by atoms with Crippen LogP contribution in [0.4, 0.5) is 0 Å². The van der Waals surface area contributed by atoms with Crippen LogP contribution in [-0.2, 0) is 21.3 Å². The van der Waals surface area contributed by atoms with Gasteiger partial charge in [0.2, 0.25) is 0 Å². The van der Waals surface area contributed by atoms with E-state index in [4.69, 9.17) is 0 Å². The van der Waals surface area contributed by atoms with Crippen LogP contribution in [0.15, 0.2) is 16.6 Å². The van der Waals surface area contributed by atoms with Gasteiger partial charge >= 0.3 is 0 Å². The summed E-state index contributed by atoms with van der Waals surface area (Å²) in [7, 11) is -2.87. The molecule has 0 aromatic heterocycles. The largest absolute Gasteiger partial charge is 0.228 e. The fourth-order valence-corrected chi connectivity index (χ4v) is 3.69. The monoisotopic (exact) mass is 260 g/mol. The predicted molar refractivity (Wildman–Crippen MR) is 55.2 cm³/mol. The SMILES string of the molecule is Cc1c(Br)ccc2c1CS(=O)(=O)C2. The van der Waals surface area contributed by atoms with Crippen molar-refractivity contribution in [1.82, 2.24) is 0 Å². The summed E-state index contributed by atoms with van der Waals surface area (Å²) < 4.78 is 23.7. The van der Waals surface area contributed by atoms with Gasteiger partial charge in [-0.3, -0.25) is 0 Å². The van der Waals surface area contributed by atoms with Crippen molar-refractivity contribution in [1.29, 1.82) is 0 Å². The third kappa shape index (κ3) is 1.53. The zero-order chi connectivity index (χ0) is 9.64. The van der Waals surface area contributed by atoms with E-state index < -0.39 is 9.84 Å². The molecular weight excluding hydrogens is 252 g/mol. The summed E-state index contributed by atoms with van der Waals surface area (Å²) in [6, 6.07) is 3.80. The summed E-state index contributed by atoms with van der Waals surface area (Å²) in [5, 5.41) is 0. The smallest absolute Gasteiger partial charge is 0.158 e. The fraction of sp³-hybridized carbons (Fsp3) is 0.333. The number of benzene rings is 1. The summed E-state index contributed by atoms with van der Waals surface area (Å²) in [5.41, 5.74) is 2.99. The van der Waals surface area contributed by atoms with Crippen LogP contribution in [0.25, 0.3) is 0 Å². The van der Waals surface area contributed by atoms with Crippen molar-refractivity contribution in [2.24, 2.45) is 0 Å². The molecule has 0 saturated carbocycles. The van der Waals surface area contributed by atoms with Gasteiger partial charge in [0.05, 0.1) is 11.5 Å². The molecule has 0 fully saturated rings. The van der Waals surface area contributed by atoms with Gasteiger partial charge < -0.3 is 0 Å². The first-order valence-corrected chi connectivity index (χ1v) is 6.58. The van der Waals surface area contributed by atoms with E-state index in [0.29, 0.717) is 0 Å². The average Bonchev–Trinajstić information content (AvgIpc) is 2.34. The highest BCUT2D eigenvalue weighted by Gasteiger charge is 2.26. The van der Waals surface area contributed by atoms with Crippen molar-refractivity contribution in [3.8, 4) is 0 Å². The maximum Gasteiger partial charge on any atom is 0.158 e. The number of halogens is 1. The maximum atomic E-state index is 11.3. The van der Waals surface area contributed by atoms with Crippen LogP contribution in [0.3, 0.4) is 0 Å². The van der Waals surface area contributed by atoms with Gasteiger partial charge in [-0.1, -0.05) is 22.0 Å². The quantitative estimate of drug-likeness (QED) is 0.717. The molecule has 70 valence electrons. The van der Waals surface area contributed by atoms with Crippen LogP contribution in [0.1, 0.15) is 16.7 Å². The Balaban J connectivity index is 2.65. The zero-order valence-corrected chi connectivity index (χ0v) is 9.57. The lowest BCUT2D eigenvalue weighted by Crippen LogP contribution is -1.96. The average molecular weight is 261 g/mol. The Bertz CT molecular complexity index is 463. The lowest BCUT2D eigenvalue weighted by atomic mass is 10.1. The standard InChI is InChI=1S/C9H9BrO2S/c1-6-8-5-13(11,12)4-7(8)2-3-9(6)10/h2-3H,4-5H2,1H3. The lowest BCUT2D eigenvalue weighted by Gasteiger charge is -2.03. The van der Waals surface area contributed by atoms with E-state index in [2.05, 4.69) is 15.9 Å². The number of hydrogen-bond acceptors (Lipinski definition) is 2. The second-order valence-corrected chi connectivity index (χ2v) is 6.26. The van der Waals surface area contributed by atoms with Gasteiger partial charge in [0, 0.05) is 4.47 Å². The molecule has 0 N–H and O–H groups in total. The predicted octanol–water partition coefficient (Wildman–Crippen LogP) is 2.19. The van der Waals surface area contributed by atoms with E-state index in [-0.39, 0.29) is 11.5 Å². The molecule has 1 aromatic rings. The Labute approximate surface area is 86.0 Å². The topological polar surface area (TPSA) is 34.1 Å². The molecule has 1 aliphatic rings. The fourth-order valence-electron chi connectivity index (χ4n) is 1.63. The number of fused-ring (bicyclic) bond motifs is 1. The van der Waals surface area contributed by atoms with Crippen molar-refractivity contribution in [2.45, 2.75) is 18.4 Å². The van der Waals surface area contributed by atoms with Gasteiger partial charge in [-0.05, 0) is 29.7 Å². The first kappa shape index (κ1) is 9.21. The van der Waals surface area contributed by atoms with Crippen molar-refractivity contribution < 1.29 is 8.42 Å². The molecule has 2 rings (SSSR count). The van der Waals surface area contributed by atoms with Crippen LogP contribution in [0.2, 0.25) is 0 Å². The molecule has 1 aromatic carbocycles. The van der Waals surface area contributed by atoms with E-state index >= 15 is 0 Å². The first-order valence-electron chi connectivity index (χ1n) is 3.97. The molecule has 0 saturated heterocycles. The molecular formula is C9H9BrO2S. The highest BCUT2D eigenvalue weighted by molar-refractivity contribution is 9.10. The Hall–Kier alpha value is -0.350. The maximum absolute atomic E-state index is 11.3. The number of sulfone groups is 1. The van der Waals surface area contributed by atoms with E-state index in [9.17, 15) is 8.42 Å². The van der Waals surface area contributed by atoms with Crippen LogP contribution in [0.5, 0.6) is 0 Å². The summed E-state index contributed by atoms with van der Waals surface area (Å²) in [4.78, 5) is 0. The van der Waals surface area contributed by atoms with Crippen LogP contribution < -0.4 is 0 Å². The molecule has 1 aliphatic heterocycles. The summed E-state index contributed by atoms with van der Waals surface area (Å²) in [6.45, 7) is 1.95. The van der Waals surface area contributed by atoms with Gasteiger partial charge in [-0.25, -0.2) is 8.42 Å². The summed E-state index contributed by atoms with van der Waals surface area (Å²) in [5.74, 6) is 0.407. The molecule has 0 amide bonds. The molecule has 1 heterocycles. The molecule has 0 atom stereocenters. The third-order valence-electron chi connectivity index (χ3n) is 2.37. The van der Waals surface area contributed by atoms with E-state index in [1.807, 2.05) is 19.1 Å². The minimum absolute atomic E-state index is 0.202. The molecule has 4 heteroatoms. The van der Waals surface area contributed by atoms with E-state index in [0.717, 1.165) is 21.2 Å². The van der Waals surface area contributed by atoms with Crippen LogP contribution >= 0.6 is 15.9 Å². The van der Waals surface area contributed by atoms with Crippen LogP contribution in [0, 0.1) is 6.92 Å². The molecule has 0 radical (unpaired) electrons. The summed E-state index contributed by atoms with van der Waals surface area (Å²) in [6.07, 6.45) is 0. The third-order valence-corrected chi connectivity index (χ3v) is 4.71. The minimum atomic E-state index is -2.87. The van der Waals surface area contributed by atoms with Crippen molar-refractivity contribution in [3.05, 3.63) is 33.3 Å². The Kier molecular flexibility index (Phi) is 2.00. The molecule has 0 spiro atoms. The van der Waals surface area contributed by atoms with Crippen molar-refractivity contribution in [2.75, 3.05) is 0 Å². The Morgan fingerprint density at radius 1 is 1.31 bits per heavy atom. The Morgan fingerprint density at radius 3 is 2.69 bits per heavy atom. The van der Waals surface area contributed by atoms with Gasteiger partial charge in [-0.15, -0.1) is 0 Å². The van der Waals surface area contributed by atoms with Gasteiger partial charge in [-0.2, -0.15) is 0 Å². The van der Waals surface area contributed by atoms with Gasteiger partial charge in [0.25, 0.3) is 0 Å². The second kappa shape index (κ2) is 2.82. The second-order valence-electron chi connectivity index (χ2n) is 3.34. The number of hydrogen-bond donors (Lipinski definition) is 0. The van der Waals surface area contributed by atoms with Crippen molar-refractivity contribution in [3.63, 3.8) is 0 Å². The van der Waals surface area contributed by atoms with Crippen LogP contribution in [-0.4, -0.2) is 8.42 Å². The lowest BCUT2D eigenvalue weighted by molar-refractivity contribution is 0.598. The number of rotatable bonds is 0. The normalized spacial score (nSPS) is 18.6.